The van der Waals surface area contributed by atoms with Gasteiger partial charge in [-0.05, 0) is 29.7 Å². The van der Waals surface area contributed by atoms with Crippen LogP contribution in [0.15, 0.2) is 91.0 Å². The van der Waals surface area contributed by atoms with Crippen LogP contribution < -0.4 is 5.32 Å². The van der Waals surface area contributed by atoms with Gasteiger partial charge in [0.2, 0.25) is 0 Å². The lowest BCUT2D eigenvalue weighted by atomic mass is 10.0. The standard InChI is InChI=1S/C23H21NO/c1-18(20-13-7-3-8-14-20)24-23(25)22(21-15-9-4-10-16-21)17-19-11-5-2-6-12-19/h2-18H,1H3,(H,24,25)/b22-17+. The van der Waals surface area contributed by atoms with Gasteiger partial charge in [-0.1, -0.05) is 91.0 Å². The van der Waals surface area contributed by atoms with Crippen molar-refractivity contribution >= 4 is 17.6 Å². The molecule has 0 aliphatic heterocycles. The molecule has 3 aromatic carbocycles. The van der Waals surface area contributed by atoms with Crippen molar-refractivity contribution in [1.29, 1.82) is 0 Å². The fourth-order valence-corrected chi connectivity index (χ4v) is 2.71. The van der Waals surface area contributed by atoms with Gasteiger partial charge in [0.25, 0.3) is 5.91 Å². The van der Waals surface area contributed by atoms with Gasteiger partial charge in [0.1, 0.15) is 0 Å². The van der Waals surface area contributed by atoms with Gasteiger partial charge in [0.05, 0.1) is 6.04 Å². The van der Waals surface area contributed by atoms with Crippen molar-refractivity contribution in [2.75, 3.05) is 0 Å². The molecule has 1 amide bonds. The first-order chi connectivity index (χ1) is 12.2. The van der Waals surface area contributed by atoms with Gasteiger partial charge in [-0.2, -0.15) is 0 Å². The first-order valence-electron chi connectivity index (χ1n) is 8.42. The van der Waals surface area contributed by atoms with E-state index in [-0.39, 0.29) is 11.9 Å². The van der Waals surface area contributed by atoms with Crippen molar-refractivity contribution in [1.82, 2.24) is 5.32 Å². The van der Waals surface area contributed by atoms with Crippen LogP contribution in [0.5, 0.6) is 0 Å². The molecule has 0 spiro atoms. The summed E-state index contributed by atoms with van der Waals surface area (Å²) in [4.78, 5) is 13.0. The predicted octanol–water partition coefficient (Wildman–Crippen LogP) is 5.10. The molecule has 0 radical (unpaired) electrons. The number of carbonyl (C=O) groups is 1. The van der Waals surface area contributed by atoms with Gasteiger partial charge < -0.3 is 5.32 Å². The number of rotatable bonds is 5. The van der Waals surface area contributed by atoms with E-state index in [1.807, 2.05) is 104 Å². The molecule has 0 aliphatic carbocycles. The average Bonchev–Trinajstić information content (AvgIpc) is 2.68. The zero-order valence-corrected chi connectivity index (χ0v) is 14.2. The predicted molar refractivity (Wildman–Crippen MR) is 104 cm³/mol. The fourth-order valence-electron chi connectivity index (χ4n) is 2.71. The Bertz CT molecular complexity index is 839. The summed E-state index contributed by atoms with van der Waals surface area (Å²) in [7, 11) is 0. The monoisotopic (exact) mass is 327 g/mol. The molecule has 0 heterocycles. The molecule has 0 aromatic heterocycles. The van der Waals surface area contributed by atoms with E-state index in [2.05, 4.69) is 5.32 Å². The molecule has 124 valence electrons. The molecule has 1 atom stereocenters. The Balaban J connectivity index is 1.89. The maximum absolute atomic E-state index is 13.0. The first kappa shape index (κ1) is 16.7. The third-order valence-corrected chi connectivity index (χ3v) is 4.09. The summed E-state index contributed by atoms with van der Waals surface area (Å²) in [6, 6.07) is 29.6. The summed E-state index contributed by atoms with van der Waals surface area (Å²) < 4.78 is 0. The van der Waals surface area contributed by atoms with E-state index in [4.69, 9.17) is 0 Å². The third kappa shape index (κ3) is 4.45. The molecular weight excluding hydrogens is 306 g/mol. The minimum absolute atomic E-state index is 0.0587. The summed E-state index contributed by atoms with van der Waals surface area (Å²) in [5, 5.41) is 3.11. The number of benzene rings is 3. The minimum Gasteiger partial charge on any atom is -0.345 e. The van der Waals surface area contributed by atoms with E-state index in [9.17, 15) is 4.79 Å². The second-order valence-corrected chi connectivity index (χ2v) is 5.94. The maximum atomic E-state index is 13.0. The van der Waals surface area contributed by atoms with E-state index in [1.54, 1.807) is 0 Å². The summed E-state index contributed by atoms with van der Waals surface area (Å²) >= 11 is 0. The van der Waals surface area contributed by atoms with Crippen LogP contribution in [-0.4, -0.2) is 5.91 Å². The van der Waals surface area contributed by atoms with Crippen LogP contribution in [0.1, 0.15) is 29.7 Å². The Kier molecular flexibility index (Phi) is 5.43. The Labute approximate surface area is 148 Å². The molecule has 0 bridgehead atoms. The molecule has 3 rings (SSSR count). The Hall–Kier alpha value is -3.13. The molecule has 1 unspecified atom stereocenters. The highest BCUT2D eigenvalue weighted by Crippen LogP contribution is 2.20. The fraction of sp³-hybridized carbons (Fsp3) is 0.0870. The van der Waals surface area contributed by atoms with Gasteiger partial charge in [0.15, 0.2) is 0 Å². The van der Waals surface area contributed by atoms with Gasteiger partial charge >= 0.3 is 0 Å². The van der Waals surface area contributed by atoms with Crippen molar-refractivity contribution in [2.24, 2.45) is 0 Å². The highest BCUT2D eigenvalue weighted by Gasteiger charge is 2.15. The first-order valence-corrected chi connectivity index (χ1v) is 8.42. The van der Waals surface area contributed by atoms with Crippen LogP contribution in [0.2, 0.25) is 0 Å². The van der Waals surface area contributed by atoms with E-state index in [0.29, 0.717) is 5.57 Å². The van der Waals surface area contributed by atoms with E-state index in [0.717, 1.165) is 16.7 Å². The number of amides is 1. The normalized spacial score (nSPS) is 12.4. The van der Waals surface area contributed by atoms with Crippen LogP contribution in [0.3, 0.4) is 0 Å². The number of hydrogen-bond donors (Lipinski definition) is 1. The molecule has 0 fully saturated rings. The molecule has 2 nitrogen and oxygen atoms in total. The highest BCUT2D eigenvalue weighted by molar-refractivity contribution is 6.24. The molecule has 0 saturated carbocycles. The molecular formula is C23H21NO. The van der Waals surface area contributed by atoms with Gasteiger partial charge in [-0.25, -0.2) is 0 Å². The quantitative estimate of drug-likeness (QED) is 0.512. The smallest absolute Gasteiger partial charge is 0.252 e. The molecule has 0 aliphatic rings. The third-order valence-electron chi connectivity index (χ3n) is 4.09. The SMILES string of the molecule is CC(NC(=O)/C(=C/c1ccccc1)c1ccccc1)c1ccccc1. The largest absolute Gasteiger partial charge is 0.345 e. The number of hydrogen-bond acceptors (Lipinski definition) is 1. The Morgan fingerprint density at radius 1 is 0.800 bits per heavy atom. The van der Waals surface area contributed by atoms with Gasteiger partial charge in [-0.15, -0.1) is 0 Å². The van der Waals surface area contributed by atoms with Crippen molar-refractivity contribution in [3.05, 3.63) is 108 Å². The second kappa shape index (κ2) is 8.11. The second-order valence-electron chi connectivity index (χ2n) is 5.94. The Morgan fingerprint density at radius 2 is 1.32 bits per heavy atom. The summed E-state index contributed by atoms with van der Waals surface area (Å²) in [5.41, 5.74) is 3.66. The van der Waals surface area contributed by atoms with E-state index >= 15 is 0 Å². The molecule has 1 N–H and O–H groups in total. The average molecular weight is 327 g/mol. The highest BCUT2D eigenvalue weighted by atomic mass is 16.1. The van der Waals surface area contributed by atoms with E-state index < -0.39 is 0 Å². The molecule has 0 saturated heterocycles. The number of nitrogens with one attached hydrogen (secondary N) is 1. The summed E-state index contributed by atoms with van der Waals surface area (Å²) in [5.74, 6) is -0.0774. The van der Waals surface area contributed by atoms with Gasteiger partial charge in [-0.3, -0.25) is 4.79 Å². The van der Waals surface area contributed by atoms with Crippen LogP contribution >= 0.6 is 0 Å². The van der Waals surface area contributed by atoms with Crippen LogP contribution in [-0.2, 0) is 4.79 Å². The lowest BCUT2D eigenvalue weighted by molar-refractivity contribution is -0.116. The lowest BCUT2D eigenvalue weighted by Gasteiger charge is -2.16. The van der Waals surface area contributed by atoms with Crippen molar-refractivity contribution in [3.63, 3.8) is 0 Å². The van der Waals surface area contributed by atoms with Crippen LogP contribution in [0, 0.1) is 0 Å². The zero-order valence-electron chi connectivity index (χ0n) is 14.2. The number of carbonyl (C=O) groups excluding carboxylic acids is 1. The van der Waals surface area contributed by atoms with Crippen molar-refractivity contribution in [2.45, 2.75) is 13.0 Å². The van der Waals surface area contributed by atoms with E-state index in [1.165, 1.54) is 0 Å². The molecule has 25 heavy (non-hydrogen) atoms. The molecule has 2 heteroatoms. The van der Waals surface area contributed by atoms with Crippen LogP contribution in [0.25, 0.3) is 11.6 Å². The minimum atomic E-state index is -0.0774. The van der Waals surface area contributed by atoms with Crippen molar-refractivity contribution in [3.8, 4) is 0 Å². The van der Waals surface area contributed by atoms with Gasteiger partial charge in [0, 0.05) is 5.57 Å². The summed E-state index contributed by atoms with van der Waals surface area (Å²) in [6.07, 6.45) is 1.93. The zero-order chi connectivity index (χ0) is 17.5. The molecule has 3 aromatic rings. The van der Waals surface area contributed by atoms with Crippen LogP contribution in [0.4, 0.5) is 0 Å². The topological polar surface area (TPSA) is 29.1 Å². The van der Waals surface area contributed by atoms with Crippen molar-refractivity contribution < 1.29 is 4.79 Å². The summed E-state index contributed by atoms with van der Waals surface area (Å²) in [6.45, 7) is 2.00. The maximum Gasteiger partial charge on any atom is 0.252 e. The Morgan fingerprint density at radius 3 is 1.92 bits per heavy atom. The lowest BCUT2D eigenvalue weighted by Crippen LogP contribution is -2.27.